The van der Waals surface area contributed by atoms with E-state index in [0.29, 0.717) is 17.6 Å². The molecule has 0 aliphatic carbocycles. The number of aliphatic hydroxyl groups is 1. The van der Waals surface area contributed by atoms with Crippen LogP contribution in [-0.2, 0) is 6.54 Å². The van der Waals surface area contributed by atoms with Gasteiger partial charge in [-0.2, -0.15) is 13.9 Å². The molecule has 0 bridgehead atoms. The molecule has 0 aromatic carbocycles. The Bertz CT molecular complexity index is 381. The topological polar surface area (TPSA) is 41.3 Å². The van der Waals surface area contributed by atoms with Gasteiger partial charge in [0.1, 0.15) is 0 Å². The second-order valence-electron chi connectivity index (χ2n) is 3.85. The molecule has 4 nitrogen and oxygen atoms in total. The van der Waals surface area contributed by atoms with E-state index in [1.165, 1.54) is 10.9 Å². The Morgan fingerprint density at radius 1 is 1.65 bits per heavy atom. The highest BCUT2D eigenvalue weighted by molar-refractivity contribution is 9.10. The number of rotatable bonds is 5. The molecule has 0 radical (unpaired) electrons. The number of likely N-dealkylation sites (N-methyl/N-ethyl adjacent to an activating group) is 1. The average Bonchev–Trinajstić information content (AvgIpc) is 2.54. The maximum atomic E-state index is 12.9. The van der Waals surface area contributed by atoms with Gasteiger partial charge in [-0.05, 0) is 41.6 Å². The first-order valence-corrected chi connectivity index (χ1v) is 6.01. The molecule has 0 saturated heterocycles. The number of aliphatic hydroxyl groups excluding tert-OH is 1. The molecular formula is C9H13BrClF2N3O. The first kappa shape index (κ1) is 14.8. The smallest absolute Gasteiger partial charge is 0.352 e. The molecule has 0 saturated carbocycles. The Labute approximate surface area is 111 Å². The Kier molecular flexibility index (Phi) is 4.88. The maximum absolute atomic E-state index is 12.9. The van der Waals surface area contributed by atoms with Crippen molar-refractivity contribution in [1.82, 2.24) is 14.7 Å². The van der Waals surface area contributed by atoms with E-state index in [0.717, 1.165) is 0 Å². The van der Waals surface area contributed by atoms with Crippen LogP contribution in [0.2, 0.25) is 0 Å². The third-order valence-electron chi connectivity index (χ3n) is 2.16. The van der Waals surface area contributed by atoms with Gasteiger partial charge in [0.2, 0.25) is 0 Å². The largest absolute Gasteiger partial charge is 0.379 e. The molecule has 1 heterocycles. The summed E-state index contributed by atoms with van der Waals surface area (Å²) in [4.78, 5) is 1.88. The molecule has 1 rings (SSSR count). The van der Waals surface area contributed by atoms with Crippen molar-refractivity contribution >= 4 is 27.5 Å². The third kappa shape index (κ3) is 3.87. The van der Waals surface area contributed by atoms with Crippen LogP contribution < -0.4 is 0 Å². The van der Waals surface area contributed by atoms with Crippen molar-refractivity contribution in [2.45, 2.75) is 18.0 Å². The van der Waals surface area contributed by atoms with E-state index in [9.17, 15) is 13.9 Å². The first-order valence-electron chi connectivity index (χ1n) is 4.84. The molecule has 1 atom stereocenters. The van der Waals surface area contributed by atoms with E-state index in [1.54, 1.807) is 0 Å². The zero-order valence-corrected chi connectivity index (χ0v) is 11.7. The highest BCUT2D eigenvalue weighted by Gasteiger charge is 2.40. The van der Waals surface area contributed by atoms with Crippen LogP contribution in [0.5, 0.6) is 0 Å². The molecule has 1 unspecified atom stereocenters. The average molecular weight is 333 g/mol. The molecule has 0 fully saturated rings. The van der Waals surface area contributed by atoms with Gasteiger partial charge in [-0.25, -0.2) is 0 Å². The minimum Gasteiger partial charge on any atom is -0.379 e. The lowest BCUT2D eigenvalue weighted by Gasteiger charge is -2.19. The summed E-state index contributed by atoms with van der Waals surface area (Å²) in [6, 6.07) is 0. The molecule has 8 heteroatoms. The molecule has 1 N–H and O–H groups in total. The summed E-state index contributed by atoms with van der Waals surface area (Å²) in [6.07, 6.45) is -0.736. The molecule has 1 aromatic heterocycles. The van der Waals surface area contributed by atoms with E-state index >= 15 is 0 Å². The van der Waals surface area contributed by atoms with Crippen molar-refractivity contribution in [1.29, 1.82) is 0 Å². The Balaban J connectivity index is 2.94. The van der Waals surface area contributed by atoms with Crippen molar-refractivity contribution < 1.29 is 13.9 Å². The number of nitrogens with zero attached hydrogens (tertiary/aromatic N) is 3. The van der Waals surface area contributed by atoms with Crippen LogP contribution in [0.15, 0.2) is 10.7 Å². The molecule has 0 amide bonds. The highest BCUT2D eigenvalue weighted by Crippen LogP contribution is 2.37. The lowest BCUT2D eigenvalue weighted by atomic mass is 10.2. The first-order chi connectivity index (χ1) is 7.73. The molecule has 0 aliphatic heterocycles. The summed E-state index contributed by atoms with van der Waals surface area (Å²) in [7, 11) is 3.70. The van der Waals surface area contributed by atoms with Crippen LogP contribution in [0.25, 0.3) is 0 Å². The molecular weight excluding hydrogens is 319 g/mol. The van der Waals surface area contributed by atoms with E-state index in [2.05, 4.69) is 21.0 Å². The summed E-state index contributed by atoms with van der Waals surface area (Å²) in [5.41, 5.74) is -0.0214. The standard InChI is InChI=1S/C9H13BrClF2N3O/c1-15(2)3-4-16-7(6(10)5-14-16)8(17)9(11,12)13/h5,8,17H,3-4H2,1-2H3. The summed E-state index contributed by atoms with van der Waals surface area (Å²) in [5, 5.41) is 9.68. The lowest BCUT2D eigenvalue weighted by molar-refractivity contribution is -0.0472. The highest BCUT2D eigenvalue weighted by atomic mass is 79.9. The lowest BCUT2D eigenvalue weighted by Crippen LogP contribution is -2.25. The Morgan fingerprint density at radius 3 is 2.71 bits per heavy atom. The van der Waals surface area contributed by atoms with Crippen molar-refractivity contribution in [2.24, 2.45) is 0 Å². The normalized spacial score (nSPS) is 14.4. The van der Waals surface area contributed by atoms with Crippen molar-refractivity contribution in [3.63, 3.8) is 0 Å². The van der Waals surface area contributed by atoms with Crippen LogP contribution in [0.3, 0.4) is 0 Å². The van der Waals surface area contributed by atoms with Gasteiger partial charge in [0, 0.05) is 6.54 Å². The zero-order valence-electron chi connectivity index (χ0n) is 9.37. The van der Waals surface area contributed by atoms with Crippen molar-refractivity contribution in [2.75, 3.05) is 20.6 Å². The summed E-state index contributed by atoms with van der Waals surface area (Å²) in [6.45, 7) is 1.000. The maximum Gasteiger partial charge on any atom is 0.352 e. The fourth-order valence-electron chi connectivity index (χ4n) is 1.27. The van der Waals surface area contributed by atoms with Gasteiger partial charge >= 0.3 is 5.38 Å². The van der Waals surface area contributed by atoms with Gasteiger partial charge in [-0.3, -0.25) is 4.68 Å². The van der Waals surface area contributed by atoms with E-state index in [1.807, 2.05) is 19.0 Å². The van der Waals surface area contributed by atoms with Gasteiger partial charge in [0.25, 0.3) is 0 Å². The van der Waals surface area contributed by atoms with Gasteiger partial charge < -0.3 is 10.0 Å². The number of halogens is 4. The molecule has 1 aromatic rings. The van der Waals surface area contributed by atoms with E-state index < -0.39 is 11.5 Å². The SMILES string of the molecule is CN(C)CCn1ncc(Br)c1C(O)C(F)(F)Cl. The number of hydrogen-bond donors (Lipinski definition) is 1. The Morgan fingerprint density at radius 2 is 2.24 bits per heavy atom. The second-order valence-corrected chi connectivity index (χ2v) is 5.21. The fourth-order valence-corrected chi connectivity index (χ4v) is 1.89. The van der Waals surface area contributed by atoms with Crippen LogP contribution >= 0.6 is 27.5 Å². The predicted octanol–water partition coefficient (Wildman–Crippen LogP) is 2.07. The predicted molar refractivity (Wildman–Crippen MR) is 64.2 cm³/mol. The molecule has 17 heavy (non-hydrogen) atoms. The summed E-state index contributed by atoms with van der Waals surface area (Å²) < 4.78 is 27.4. The minimum atomic E-state index is -3.72. The molecule has 0 spiro atoms. The van der Waals surface area contributed by atoms with Gasteiger partial charge in [0.05, 0.1) is 22.9 Å². The van der Waals surface area contributed by atoms with Crippen LogP contribution in [0.1, 0.15) is 11.8 Å². The van der Waals surface area contributed by atoms with E-state index in [-0.39, 0.29) is 5.69 Å². The fraction of sp³-hybridized carbons (Fsp3) is 0.667. The van der Waals surface area contributed by atoms with Crippen LogP contribution in [-0.4, -0.2) is 45.8 Å². The number of alkyl halides is 3. The van der Waals surface area contributed by atoms with Gasteiger partial charge in [-0.15, -0.1) is 0 Å². The van der Waals surface area contributed by atoms with Crippen molar-refractivity contribution in [3.8, 4) is 0 Å². The third-order valence-corrected chi connectivity index (χ3v) is 2.98. The van der Waals surface area contributed by atoms with Crippen LogP contribution in [0, 0.1) is 0 Å². The van der Waals surface area contributed by atoms with Crippen molar-refractivity contribution in [3.05, 3.63) is 16.4 Å². The zero-order chi connectivity index (χ0) is 13.2. The van der Waals surface area contributed by atoms with Gasteiger partial charge in [0.15, 0.2) is 6.10 Å². The Hall–Kier alpha value is -0.240. The van der Waals surface area contributed by atoms with Crippen LogP contribution in [0.4, 0.5) is 8.78 Å². The molecule has 0 aliphatic rings. The van der Waals surface area contributed by atoms with Gasteiger partial charge in [-0.1, -0.05) is 0 Å². The quantitative estimate of drug-likeness (QED) is 0.839. The second kappa shape index (κ2) is 5.60. The summed E-state index contributed by atoms with van der Waals surface area (Å²) >= 11 is 7.89. The minimum absolute atomic E-state index is 0.0214. The monoisotopic (exact) mass is 331 g/mol. The summed E-state index contributed by atoms with van der Waals surface area (Å²) in [5.74, 6) is 0. The van der Waals surface area contributed by atoms with E-state index in [4.69, 9.17) is 11.6 Å². The number of hydrogen-bond acceptors (Lipinski definition) is 3. The number of aromatic nitrogens is 2. The molecule has 98 valence electrons.